The summed E-state index contributed by atoms with van der Waals surface area (Å²) < 4.78 is 9.61. The maximum atomic E-state index is 11.6. The molecule has 6 nitrogen and oxygen atoms in total. The molecular weight excluding hydrogens is 250 g/mol. The maximum absolute atomic E-state index is 11.6. The monoisotopic (exact) mass is 267 g/mol. The van der Waals surface area contributed by atoms with Gasteiger partial charge in [-0.15, -0.1) is 0 Å². The Morgan fingerprint density at radius 3 is 2.58 bits per heavy atom. The van der Waals surface area contributed by atoms with Crippen molar-refractivity contribution in [3.8, 4) is 11.5 Å². The van der Waals surface area contributed by atoms with E-state index in [2.05, 4.69) is 10.1 Å². The highest BCUT2D eigenvalue weighted by atomic mass is 16.5. The Labute approximate surface area is 111 Å². The van der Waals surface area contributed by atoms with Gasteiger partial charge in [0.1, 0.15) is 6.04 Å². The number of phenolic OH excluding ortho intramolecular Hbond substituents is 1. The molecule has 0 bridgehead atoms. The third kappa shape index (κ3) is 4.17. The third-order valence-electron chi connectivity index (χ3n) is 2.55. The average Bonchev–Trinajstić information content (AvgIpc) is 2.38. The first-order valence-electron chi connectivity index (χ1n) is 5.68. The molecule has 19 heavy (non-hydrogen) atoms. The molecule has 0 aliphatic rings. The largest absolute Gasteiger partial charge is 0.504 e. The fraction of sp³-hybridized carbons (Fsp3) is 0.385. The van der Waals surface area contributed by atoms with Crippen molar-refractivity contribution in [2.75, 3.05) is 14.2 Å². The van der Waals surface area contributed by atoms with Crippen LogP contribution in [-0.4, -0.2) is 37.2 Å². The van der Waals surface area contributed by atoms with Crippen LogP contribution in [0.3, 0.4) is 0 Å². The van der Waals surface area contributed by atoms with Crippen LogP contribution in [-0.2, 0) is 20.7 Å². The molecule has 1 aromatic rings. The molecular formula is C13H17NO5. The lowest BCUT2D eigenvalue weighted by atomic mass is 10.1. The molecule has 0 saturated heterocycles. The van der Waals surface area contributed by atoms with Crippen LogP contribution in [0.5, 0.6) is 11.5 Å². The number of benzene rings is 1. The summed E-state index contributed by atoms with van der Waals surface area (Å²) in [6, 6.07) is 3.95. The van der Waals surface area contributed by atoms with Crippen LogP contribution in [0.2, 0.25) is 0 Å². The minimum atomic E-state index is -0.767. The van der Waals surface area contributed by atoms with Crippen LogP contribution in [0.25, 0.3) is 0 Å². The van der Waals surface area contributed by atoms with Gasteiger partial charge in [0.2, 0.25) is 5.91 Å². The number of methoxy groups -OCH3 is 2. The summed E-state index contributed by atoms with van der Waals surface area (Å²) in [7, 11) is 2.69. The zero-order valence-corrected chi connectivity index (χ0v) is 11.1. The van der Waals surface area contributed by atoms with Crippen molar-refractivity contribution in [3.63, 3.8) is 0 Å². The van der Waals surface area contributed by atoms with Gasteiger partial charge in [0.15, 0.2) is 11.5 Å². The quantitative estimate of drug-likeness (QED) is 0.764. The van der Waals surface area contributed by atoms with E-state index in [1.54, 1.807) is 12.1 Å². The molecule has 2 N–H and O–H groups in total. The number of hydrogen-bond acceptors (Lipinski definition) is 5. The molecule has 0 heterocycles. The van der Waals surface area contributed by atoms with Crippen LogP contribution in [0, 0.1) is 0 Å². The molecule has 0 unspecified atom stereocenters. The lowest BCUT2D eigenvalue weighted by Crippen LogP contribution is -2.41. The van der Waals surface area contributed by atoms with Gasteiger partial charge >= 0.3 is 5.97 Å². The number of ether oxygens (including phenoxy) is 2. The Balaban J connectivity index is 2.89. The number of hydrogen-bond donors (Lipinski definition) is 2. The molecule has 0 saturated carbocycles. The number of nitrogens with one attached hydrogen (secondary N) is 1. The fourth-order valence-electron chi connectivity index (χ4n) is 1.67. The molecule has 104 valence electrons. The average molecular weight is 267 g/mol. The summed E-state index contributed by atoms with van der Waals surface area (Å²) in [4.78, 5) is 22.6. The van der Waals surface area contributed by atoms with Gasteiger partial charge in [0, 0.05) is 13.3 Å². The summed E-state index contributed by atoms with van der Waals surface area (Å²) in [5.74, 6) is -0.521. The van der Waals surface area contributed by atoms with E-state index in [1.165, 1.54) is 27.2 Å². The second-order valence-corrected chi connectivity index (χ2v) is 3.99. The molecule has 0 aromatic heterocycles. The van der Waals surface area contributed by atoms with Crippen molar-refractivity contribution in [1.29, 1.82) is 0 Å². The zero-order chi connectivity index (χ0) is 14.4. The van der Waals surface area contributed by atoms with Crippen LogP contribution >= 0.6 is 0 Å². The first-order valence-corrected chi connectivity index (χ1v) is 5.68. The van der Waals surface area contributed by atoms with Gasteiger partial charge in [0.25, 0.3) is 0 Å². The Hall–Kier alpha value is -2.24. The number of amides is 1. The molecule has 6 heteroatoms. The summed E-state index contributed by atoms with van der Waals surface area (Å²) in [6.45, 7) is 1.33. The number of carbonyl (C=O) groups excluding carboxylic acids is 2. The van der Waals surface area contributed by atoms with Crippen molar-refractivity contribution in [1.82, 2.24) is 5.32 Å². The van der Waals surface area contributed by atoms with E-state index in [9.17, 15) is 14.7 Å². The molecule has 0 fully saturated rings. The predicted octanol–water partition coefficient (Wildman–Crippen LogP) is 0.621. The Morgan fingerprint density at radius 2 is 2.05 bits per heavy atom. The van der Waals surface area contributed by atoms with E-state index in [-0.39, 0.29) is 18.1 Å². The molecule has 0 radical (unpaired) electrons. The van der Waals surface area contributed by atoms with Gasteiger partial charge in [-0.1, -0.05) is 6.07 Å². The van der Waals surface area contributed by atoms with Crippen molar-refractivity contribution in [3.05, 3.63) is 23.8 Å². The number of esters is 1. The lowest BCUT2D eigenvalue weighted by molar-refractivity contribution is -0.144. The van der Waals surface area contributed by atoms with E-state index in [1.807, 2.05) is 0 Å². The van der Waals surface area contributed by atoms with Crippen molar-refractivity contribution < 1.29 is 24.2 Å². The Bertz CT molecular complexity index is 472. The standard InChI is InChI=1S/C13H17NO5/c1-8(15)14-10(13(17)19-3)6-9-4-5-11(16)12(7-9)18-2/h4-5,7,10,16H,6H2,1-3H3,(H,14,15)/t10-/m1/s1. The minimum Gasteiger partial charge on any atom is -0.504 e. The first kappa shape index (κ1) is 14.8. The summed E-state index contributed by atoms with van der Waals surface area (Å²) in [6.07, 6.45) is 0.253. The third-order valence-corrected chi connectivity index (χ3v) is 2.55. The molecule has 1 amide bonds. The van der Waals surface area contributed by atoms with E-state index in [0.717, 1.165) is 5.56 Å². The SMILES string of the molecule is COC(=O)[C@@H](Cc1ccc(O)c(OC)c1)NC(C)=O. The van der Waals surface area contributed by atoms with Crippen LogP contribution in [0.1, 0.15) is 12.5 Å². The molecule has 1 aromatic carbocycles. The summed E-state index contributed by atoms with van der Waals surface area (Å²) in [5.41, 5.74) is 0.735. The van der Waals surface area contributed by atoms with Gasteiger partial charge < -0.3 is 19.9 Å². The van der Waals surface area contributed by atoms with Gasteiger partial charge in [-0.3, -0.25) is 4.79 Å². The fourth-order valence-corrected chi connectivity index (χ4v) is 1.67. The van der Waals surface area contributed by atoms with E-state index in [4.69, 9.17) is 4.74 Å². The maximum Gasteiger partial charge on any atom is 0.328 e. The van der Waals surface area contributed by atoms with Crippen LogP contribution in [0.4, 0.5) is 0 Å². The highest BCUT2D eigenvalue weighted by Crippen LogP contribution is 2.26. The van der Waals surface area contributed by atoms with Gasteiger partial charge in [0.05, 0.1) is 14.2 Å². The highest BCUT2D eigenvalue weighted by molar-refractivity contribution is 5.83. The normalized spacial score (nSPS) is 11.5. The highest BCUT2D eigenvalue weighted by Gasteiger charge is 2.21. The second-order valence-electron chi connectivity index (χ2n) is 3.99. The molecule has 1 rings (SSSR count). The van der Waals surface area contributed by atoms with E-state index < -0.39 is 12.0 Å². The molecule has 0 aliphatic carbocycles. The topological polar surface area (TPSA) is 84.9 Å². The van der Waals surface area contributed by atoms with E-state index >= 15 is 0 Å². The Morgan fingerprint density at radius 1 is 1.37 bits per heavy atom. The Kier molecular flexibility index (Phi) is 5.17. The van der Waals surface area contributed by atoms with Crippen molar-refractivity contribution >= 4 is 11.9 Å². The summed E-state index contributed by atoms with van der Waals surface area (Å²) in [5, 5.41) is 12.0. The van der Waals surface area contributed by atoms with Crippen molar-refractivity contribution in [2.45, 2.75) is 19.4 Å². The predicted molar refractivity (Wildman–Crippen MR) is 68.0 cm³/mol. The number of rotatable bonds is 5. The van der Waals surface area contributed by atoms with Gasteiger partial charge in [-0.25, -0.2) is 4.79 Å². The van der Waals surface area contributed by atoms with Crippen LogP contribution in [0.15, 0.2) is 18.2 Å². The number of aromatic hydroxyl groups is 1. The lowest BCUT2D eigenvalue weighted by Gasteiger charge is -2.16. The smallest absolute Gasteiger partial charge is 0.328 e. The number of phenols is 1. The number of carbonyl (C=O) groups is 2. The molecule has 0 spiro atoms. The molecule has 1 atom stereocenters. The first-order chi connectivity index (χ1) is 8.97. The van der Waals surface area contributed by atoms with E-state index in [0.29, 0.717) is 5.75 Å². The second kappa shape index (κ2) is 6.63. The van der Waals surface area contributed by atoms with Gasteiger partial charge in [-0.2, -0.15) is 0 Å². The molecule has 0 aliphatic heterocycles. The van der Waals surface area contributed by atoms with Crippen LogP contribution < -0.4 is 10.1 Å². The van der Waals surface area contributed by atoms with Crippen molar-refractivity contribution in [2.24, 2.45) is 0 Å². The van der Waals surface area contributed by atoms with Gasteiger partial charge in [-0.05, 0) is 17.7 Å². The summed E-state index contributed by atoms with van der Waals surface area (Å²) >= 11 is 0. The minimum absolute atomic E-state index is 0.0143. The zero-order valence-electron chi connectivity index (χ0n) is 11.1.